The molecule has 0 aromatic heterocycles. The summed E-state index contributed by atoms with van der Waals surface area (Å²) in [6.45, 7) is 9.32. The molecule has 0 saturated carbocycles. The first-order valence-corrected chi connectivity index (χ1v) is 8.40. The van der Waals surface area contributed by atoms with E-state index < -0.39 is 0 Å². The Morgan fingerprint density at radius 2 is 1.95 bits per heavy atom. The van der Waals surface area contributed by atoms with Crippen molar-refractivity contribution in [3.05, 3.63) is 42.0 Å². The summed E-state index contributed by atoms with van der Waals surface area (Å²) in [5.74, 6) is 2.91. The van der Waals surface area contributed by atoms with Gasteiger partial charge in [-0.15, -0.1) is 24.0 Å². The van der Waals surface area contributed by atoms with Crippen LogP contribution < -0.4 is 16.0 Å². The third kappa shape index (κ3) is 6.48. The molecule has 0 spiro atoms. The first-order valence-electron chi connectivity index (χ1n) is 7.25. The quantitative estimate of drug-likeness (QED) is 0.325. The molecule has 0 amide bonds. The Labute approximate surface area is 154 Å². The molecule has 6 heteroatoms. The molecule has 0 atom stereocenters. The molecule has 122 valence electrons. The molecule has 1 fully saturated rings. The number of nitrogens with zero attached hydrogens (tertiary/aromatic N) is 2. The first kappa shape index (κ1) is 19.2. The zero-order valence-corrected chi connectivity index (χ0v) is 16.2. The van der Waals surface area contributed by atoms with Crippen molar-refractivity contribution >= 4 is 47.4 Å². The molecule has 1 aromatic carbocycles. The van der Waals surface area contributed by atoms with Gasteiger partial charge in [0.2, 0.25) is 0 Å². The molecule has 22 heavy (non-hydrogen) atoms. The highest BCUT2D eigenvalue weighted by molar-refractivity contribution is 14.0. The van der Waals surface area contributed by atoms with Crippen LogP contribution >= 0.6 is 35.7 Å². The van der Waals surface area contributed by atoms with Gasteiger partial charge in [0.15, 0.2) is 5.96 Å². The molecule has 3 N–H and O–H groups in total. The van der Waals surface area contributed by atoms with Crippen molar-refractivity contribution < 1.29 is 0 Å². The summed E-state index contributed by atoms with van der Waals surface area (Å²) in [6.07, 6.45) is 0. The average Bonchev–Trinajstić information content (AvgIpc) is 2.52. The van der Waals surface area contributed by atoms with Gasteiger partial charge in [-0.05, 0) is 24.6 Å². The van der Waals surface area contributed by atoms with E-state index in [9.17, 15) is 0 Å². The third-order valence-electron chi connectivity index (χ3n) is 3.32. The van der Waals surface area contributed by atoms with Crippen LogP contribution in [0, 0.1) is 0 Å². The highest BCUT2D eigenvalue weighted by Gasteiger charge is 2.10. The molecule has 0 unspecified atom stereocenters. The Balaban J connectivity index is 0.00000242. The van der Waals surface area contributed by atoms with Crippen molar-refractivity contribution in [3.8, 4) is 0 Å². The zero-order chi connectivity index (χ0) is 15.1. The summed E-state index contributed by atoms with van der Waals surface area (Å²) in [7, 11) is 0. The second-order valence-corrected chi connectivity index (χ2v) is 6.50. The fourth-order valence-corrected chi connectivity index (χ4v) is 3.01. The minimum absolute atomic E-state index is 0. The summed E-state index contributed by atoms with van der Waals surface area (Å²) >= 11 is 2.03. The monoisotopic (exact) mass is 432 g/mol. The lowest BCUT2D eigenvalue weighted by molar-refractivity contribution is 0.858. The van der Waals surface area contributed by atoms with Crippen LogP contribution in [-0.2, 0) is 6.54 Å². The van der Waals surface area contributed by atoms with Gasteiger partial charge in [0, 0.05) is 36.8 Å². The highest BCUT2D eigenvalue weighted by atomic mass is 127. The van der Waals surface area contributed by atoms with Crippen molar-refractivity contribution in [2.24, 2.45) is 10.7 Å². The van der Waals surface area contributed by atoms with Crippen LogP contribution in [0.2, 0.25) is 0 Å². The topological polar surface area (TPSA) is 53.6 Å². The molecule has 1 aliphatic rings. The van der Waals surface area contributed by atoms with E-state index in [0.29, 0.717) is 19.0 Å². The Kier molecular flexibility index (Phi) is 8.70. The normalized spacial score (nSPS) is 15.1. The molecule has 0 radical (unpaired) electrons. The lowest BCUT2D eigenvalue weighted by Crippen LogP contribution is -2.32. The zero-order valence-electron chi connectivity index (χ0n) is 13.0. The summed E-state index contributed by atoms with van der Waals surface area (Å²) in [5, 5.41) is 3.03. The average molecular weight is 432 g/mol. The second kappa shape index (κ2) is 9.99. The summed E-state index contributed by atoms with van der Waals surface area (Å²) in [6, 6.07) is 8.62. The number of guanidine groups is 1. The molecule has 1 aliphatic heterocycles. The number of hydrogen-bond acceptors (Lipinski definition) is 3. The van der Waals surface area contributed by atoms with Crippen molar-refractivity contribution in [1.82, 2.24) is 5.32 Å². The number of nitrogens with two attached hydrogens (primary N) is 1. The second-order valence-electron chi connectivity index (χ2n) is 5.28. The minimum atomic E-state index is 0. The molecular weight excluding hydrogens is 407 g/mol. The molecule has 0 bridgehead atoms. The van der Waals surface area contributed by atoms with Crippen LogP contribution in [0.1, 0.15) is 12.5 Å². The number of anilines is 1. The van der Waals surface area contributed by atoms with Gasteiger partial charge in [-0.3, -0.25) is 0 Å². The third-order valence-corrected chi connectivity index (χ3v) is 4.26. The van der Waals surface area contributed by atoms with Gasteiger partial charge in [0.25, 0.3) is 0 Å². The lowest BCUT2D eigenvalue weighted by Gasteiger charge is -2.28. The minimum Gasteiger partial charge on any atom is -0.370 e. The van der Waals surface area contributed by atoms with Gasteiger partial charge < -0.3 is 16.0 Å². The van der Waals surface area contributed by atoms with Crippen molar-refractivity contribution in [3.63, 3.8) is 0 Å². The Hall–Kier alpha value is -0.890. The number of nitrogens with one attached hydrogen (secondary N) is 1. The predicted octanol–water partition coefficient (Wildman–Crippen LogP) is 2.84. The molecule has 1 heterocycles. The molecule has 1 aromatic rings. The smallest absolute Gasteiger partial charge is 0.189 e. The maximum Gasteiger partial charge on any atom is 0.189 e. The van der Waals surface area contributed by atoms with Gasteiger partial charge in [0.05, 0.1) is 6.54 Å². The molecule has 2 rings (SSSR count). The number of thioether (sulfide) groups is 1. The molecule has 1 saturated heterocycles. The van der Waals surface area contributed by atoms with E-state index in [-0.39, 0.29) is 24.0 Å². The van der Waals surface area contributed by atoms with Crippen LogP contribution in [0.3, 0.4) is 0 Å². The van der Waals surface area contributed by atoms with Gasteiger partial charge in [-0.1, -0.05) is 24.3 Å². The number of halogens is 1. The van der Waals surface area contributed by atoms with Crippen molar-refractivity contribution in [2.75, 3.05) is 36.0 Å². The first-order chi connectivity index (χ1) is 10.1. The Bertz CT molecular complexity index is 495. The van der Waals surface area contributed by atoms with Crippen molar-refractivity contribution in [1.29, 1.82) is 0 Å². The number of hydrogen-bond donors (Lipinski definition) is 2. The maximum atomic E-state index is 5.80. The van der Waals surface area contributed by atoms with Gasteiger partial charge in [0.1, 0.15) is 0 Å². The predicted molar refractivity (Wildman–Crippen MR) is 110 cm³/mol. The summed E-state index contributed by atoms with van der Waals surface area (Å²) < 4.78 is 0. The van der Waals surface area contributed by atoms with Crippen LogP contribution in [-0.4, -0.2) is 37.1 Å². The fraction of sp³-hybridized carbons (Fsp3) is 0.438. The van der Waals surface area contributed by atoms with Gasteiger partial charge >= 0.3 is 0 Å². The SMILES string of the molecule is C=C(C)CNC(N)=NCc1ccc(N2CCSCC2)cc1.I. The van der Waals surface area contributed by atoms with Gasteiger partial charge in [-0.25, -0.2) is 4.99 Å². The summed E-state index contributed by atoms with van der Waals surface area (Å²) in [4.78, 5) is 6.77. The summed E-state index contributed by atoms with van der Waals surface area (Å²) in [5.41, 5.74) is 9.32. The molecule has 4 nitrogen and oxygen atoms in total. The largest absolute Gasteiger partial charge is 0.370 e. The molecule has 0 aliphatic carbocycles. The maximum absolute atomic E-state index is 5.80. The Morgan fingerprint density at radius 3 is 2.55 bits per heavy atom. The number of aliphatic imine (C=N–C) groups is 1. The van der Waals surface area contributed by atoms with E-state index >= 15 is 0 Å². The van der Waals surface area contributed by atoms with E-state index in [2.05, 4.69) is 46.1 Å². The van der Waals surface area contributed by atoms with E-state index in [0.717, 1.165) is 18.7 Å². The lowest BCUT2D eigenvalue weighted by atomic mass is 10.2. The van der Waals surface area contributed by atoms with E-state index in [1.54, 1.807) is 0 Å². The van der Waals surface area contributed by atoms with E-state index in [4.69, 9.17) is 5.73 Å². The highest BCUT2D eigenvalue weighted by Crippen LogP contribution is 2.20. The van der Waals surface area contributed by atoms with Gasteiger partial charge in [-0.2, -0.15) is 11.8 Å². The standard InChI is InChI=1S/C16H24N4S.HI/c1-13(2)11-18-16(17)19-12-14-3-5-15(6-4-14)20-7-9-21-10-8-20;/h3-6H,1,7-12H2,2H3,(H3,17,18,19);1H. The van der Waals surface area contributed by atoms with Crippen molar-refractivity contribution in [2.45, 2.75) is 13.5 Å². The van der Waals surface area contributed by atoms with Crippen LogP contribution in [0.15, 0.2) is 41.4 Å². The molecular formula is C16H25IN4S. The van der Waals surface area contributed by atoms with Crippen LogP contribution in [0.4, 0.5) is 5.69 Å². The van der Waals surface area contributed by atoms with Crippen LogP contribution in [0.25, 0.3) is 0 Å². The Morgan fingerprint density at radius 1 is 1.32 bits per heavy atom. The number of rotatable bonds is 5. The fourth-order valence-electron chi connectivity index (χ4n) is 2.11. The van der Waals surface area contributed by atoms with E-state index in [1.165, 1.54) is 22.8 Å². The van der Waals surface area contributed by atoms with Crippen LogP contribution in [0.5, 0.6) is 0 Å². The number of benzene rings is 1. The van der Waals surface area contributed by atoms with E-state index in [1.807, 2.05) is 18.7 Å².